The molecule has 0 aliphatic carbocycles. The van der Waals surface area contributed by atoms with E-state index >= 15 is 0 Å². The molecule has 2 aromatic carbocycles. The number of anilines is 2. The van der Waals surface area contributed by atoms with Gasteiger partial charge in [-0.25, -0.2) is 5.01 Å². The van der Waals surface area contributed by atoms with Gasteiger partial charge in [0.05, 0.1) is 22.7 Å². The van der Waals surface area contributed by atoms with Crippen LogP contribution in [-0.2, 0) is 14.9 Å². The van der Waals surface area contributed by atoms with Gasteiger partial charge in [-0.05, 0) is 42.0 Å². The lowest BCUT2D eigenvalue weighted by Crippen LogP contribution is -2.19. The van der Waals surface area contributed by atoms with Gasteiger partial charge in [-0.2, -0.15) is 13.5 Å². The smallest absolute Gasteiger partial charge is 0.294 e. The zero-order valence-electron chi connectivity index (χ0n) is 11.9. The van der Waals surface area contributed by atoms with Gasteiger partial charge in [-0.15, -0.1) is 0 Å². The zero-order chi connectivity index (χ0) is 16.6. The van der Waals surface area contributed by atoms with Crippen LogP contribution >= 0.6 is 0 Å². The average molecular weight is 331 g/mol. The lowest BCUT2D eigenvalue weighted by Gasteiger charge is -2.11. The molecule has 7 nitrogen and oxygen atoms in total. The molecular weight excluding hydrogens is 318 g/mol. The minimum absolute atomic E-state index is 0.143. The number of nitrogens with zero attached hydrogens (tertiary/aromatic N) is 2. The van der Waals surface area contributed by atoms with Crippen molar-refractivity contribution in [2.24, 2.45) is 5.10 Å². The standard InChI is InChI=1S/C15H13N3O4S/c16-11-3-1-10(2-4-11)14-9-15(19)18(17-14)12-5-7-13(8-6-12)23(20,21)22/h1-8H,9,16H2,(H,20,21,22). The number of nitrogen functional groups attached to an aromatic ring is 1. The van der Waals surface area contributed by atoms with E-state index < -0.39 is 10.1 Å². The van der Waals surface area contributed by atoms with Gasteiger partial charge in [0.2, 0.25) is 0 Å². The van der Waals surface area contributed by atoms with Crippen molar-refractivity contribution in [1.29, 1.82) is 0 Å². The highest BCUT2D eigenvalue weighted by Crippen LogP contribution is 2.24. The minimum atomic E-state index is -4.27. The van der Waals surface area contributed by atoms with E-state index in [0.29, 0.717) is 17.1 Å². The maximum Gasteiger partial charge on any atom is 0.294 e. The first kappa shape index (κ1) is 15.2. The van der Waals surface area contributed by atoms with Crippen molar-refractivity contribution >= 4 is 33.1 Å². The Labute approximate surface area is 132 Å². The van der Waals surface area contributed by atoms with Crippen molar-refractivity contribution in [2.45, 2.75) is 11.3 Å². The number of carbonyl (C=O) groups is 1. The molecule has 0 bridgehead atoms. The number of benzene rings is 2. The van der Waals surface area contributed by atoms with Crippen LogP contribution in [0.2, 0.25) is 0 Å². The number of hydrogen-bond donors (Lipinski definition) is 2. The Balaban J connectivity index is 1.91. The first-order valence-electron chi connectivity index (χ1n) is 6.68. The number of hydrazone groups is 1. The van der Waals surface area contributed by atoms with Gasteiger partial charge in [0, 0.05) is 5.69 Å². The van der Waals surface area contributed by atoms with E-state index in [2.05, 4.69) is 5.10 Å². The third-order valence-electron chi connectivity index (χ3n) is 3.40. The molecule has 1 aliphatic rings. The van der Waals surface area contributed by atoms with Gasteiger partial charge in [0.25, 0.3) is 16.0 Å². The van der Waals surface area contributed by atoms with Crippen LogP contribution in [0.3, 0.4) is 0 Å². The molecule has 3 rings (SSSR count). The zero-order valence-corrected chi connectivity index (χ0v) is 12.7. The summed E-state index contributed by atoms with van der Waals surface area (Å²) in [7, 11) is -4.27. The molecule has 0 radical (unpaired) electrons. The fraction of sp³-hybridized carbons (Fsp3) is 0.0667. The lowest BCUT2D eigenvalue weighted by atomic mass is 10.1. The van der Waals surface area contributed by atoms with Crippen LogP contribution in [0.5, 0.6) is 0 Å². The van der Waals surface area contributed by atoms with Crippen molar-refractivity contribution in [3.05, 3.63) is 54.1 Å². The van der Waals surface area contributed by atoms with Gasteiger partial charge >= 0.3 is 0 Å². The monoisotopic (exact) mass is 331 g/mol. The largest absolute Gasteiger partial charge is 0.399 e. The molecule has 1 aliphatic heterocycles. The van der Waals surface area contributed by atoms with Crippen LogP contribution in [0.15, 0.2) is 58.5 Å². The maximum absolute atomic E-state index is 12.1. The molecule has 118 valence electrons. The van der Waals surface area contributed by atoms with E-state index in [4.69, 9.17) is 10.3 Å². The molecule has 0 saturated heterocycles. The highest BCUT2D eigenvalue weighted by atomic mass is 32.2. The van der Waals surface area contributed by atoms with Gasteiger partial charge in [-0.3, -0.25) is 9.35 Å². The van der Waals surface area contributed by atoms with E-state index in [9.17, 15) is 13.2 Å². The summed E-state index contributed by atoms with van der Waals surface area (Å²) in [4.78, 5) is 11.9. The third-order valence-corrected chi connectivity index (χ3v) is 4.27. The second kappa shape index (κ2) is 5.49. The topological polar surface area (TPSA) is 113 Å². The van der Waals surface area contributed by atoms with Crippen LogP contribution in [0.25, 0.3) is 0 Å². The number of carbonyl (C=O) groups excluding carboxylic acids is 1. The van der Waals surface area contributed by atoms with E-state index in [1.165, 1.54) is 29.3 Å². The van der Waals surface area contributed by atoms with Gasteiger partial charge in [0.1, 0.15) is 0 Å². The van der Waals surface area contributed by atoms with Crippen molar-refractivity contribution in [2.75, 3.05) is 10.7 Å². The van der Waals surface area contributed by atoms with Gasteiger partial charge in [0.15, 0.2) is 0 Å². The predicted octanol–water partition coefficient (Wildman–Crippen LogP) is 1.66. The highest BCUT2D eigenvalue weighted by molar-refractivity contribution is 7.85. The molecule has 1 heterocycles. The Hall–Kier alpha value is -2.71. The normalized spacial score (nSPS) is 14.9. The molecule has 0 spiro atoms. The van der Waals surface area contributed by atoms with Crippen LogP contribution in [0.4, 0.5) is 11.4 Å². The molecule has 0 unspecified atom stereocenters. The molecule has 2 aromatic rings. The average Bonchev–Trinajstić information content (AvgIpc) is 2.89. The number of rotatable bonds is 3. The first-order chi connectivity index (χ1) is 10.8. The van der Waals surface area contributed by atoms with Crippen molar-refractivity contribution in [3.8, 4) is 0 Å². The summed E-state index contributed by atoms with van der Waals surface area (Å²) in [5, 5.41) is 5.49. The highest BCUT2D eigenvalue weighted by Gasteiger charge is 2.26. The quantitative estimate of drug-likeness (QED) is 0.656. The molecule has 1 amide bonds. The molecule has 8 heteroatoms. The molecular formula is C15H13N3O4S. The van der Waals surface area contributed by atoms with E-state index in [1.54, 1.807) is 24.3 Å². The summed E-state index contributed by atoms with van der Waals surface area (Å²) < 4.78 is 31.0. The Morgan fingerprint density at radius 1 is 1.04 bits per heavy atom. The van der Waals surface area contributed by atoms with Crippen LogP contribution < -0.4 is 10.7 Å². The molecule has 0 saturated carbocycles. The fourth-order valence-electron chi connectivity index (χ4n) is 2.23. The van der Waals surface area contributed by atoms with Crippen LogP contribution in [0, 0.1) is 0 Å². The van der Waals surface area contributed by atoms with Gasteiger partial charge in [-0.1, -0.05) is 12.1 Å². The number of nitrogens with two attached hydrogens (primary N) is 1. The summed E-state index contributed by atoms with van der Waals surface area (Å²) in [5.41, 5.74) is 8.08. The minimum Gasteiger partial charge on any atom is -0.399 e. The third kappa shape index (κ3) is 3.08. The van der Waals surface area contributed by atoms with E-state index in [-0.39, 0.29) is 17.2 Å². The molecule has 23 heavy (non-hydrogen) atoms. The SMILES string of the molecule is Nc1ccc(C2=NN(c3ccc(S(=O)(=O)O)cc3)C(=O)C2)cc1. The second-order valence-corrected chi connectivity index (χ2v) is 6.44. The molecule has 3 N–H and O–H groups in total. The van der Waals surface area contributed by atoms with E-state index in [0.717, 1.165) is 5.56 Å². The number of amides is 1. The summed E-state index contributed by atoms with van der Waals surface area (Å²) in [5.74, 6) is -0.226. The van der Waals surface area contributed by atoms with Crippen molar-refractivity contribution in [3.63, 3.8) is 0 Å². The summed E-state index contributed by atoms with van der Waals surface area (Å²) >= 11 is 0. The Bertz CT molecular complexity index is 887. The summed E-state index contributed by atoms with van der Waals surface area (Å²) in [6.07, 6.45) is 0.143. The summed E-state index contributed by atoms with van der Waals surface area (Å²) in [6.45, 7) is 0. The van der Waals surface area contributed by atoms with Crippen molar-refractivity contribution < 1.29 is 17.8 Å². The lowest BCUT2D eigenvalue weighted by molar-refractivity contribution is -0.116. The maximum atomic E-state index is 12.1. The molecule has 0 atom stereocenters. The van der Waals surface area contributed by atoms with E-state index in [1.807, 2.05) is 0 Å². The Kier molecular flexibility index (Phi) is 3.63. The Morgan fingerprint density at radius 2 is 1.65 bits per heavy atom. The molecule has 0 fully saturated rings. The van der Waals surface area contributed by atoms with Crippen LogP contribution in [-0.4, -0.2) is 24.6 Å². The molecule has 0 aromatic heterocycles. The predicted molar refractivity (Wildman–Crippen MR) is 85.8 cm³/mol. The second-order valence-electron chi connectivity index (χ2n) is 5.02. The first-order valence-corrected chi connectivity index (χ1v) is 8.12. The van der Waals surface area contributed by atoms with Crippen molar-refractivity contribution in [1.82, 2.24) is 0 Å². The number of hydrogen-bond acceptors (Lipinski definition) is 5. The van der Waals surface area contributed by atoms with Crippen LogP contribution in [0.1, 0.15) is 12.0 Å². The fourth-order valence-corrected chi connectivity index (χ4v) is 2.71. The summed E-state index contributed by atoms with van der Waals surface area (Å²) in [6, 6.07) is 12.3. The Morgan fingerprint density at radius 3 is 2.22 bits per heavy atom. The van der Waals surface area contributed by atoms with Gasteiger partial charge < -0.3 is 5.73 Å².